The van der Waals surface area contributed by atoms with E-state index in [1.807, 2.05) is 13.2 Å². The van der Waals surface area contributed by atoms with E-state index in [4.69, 9.17) is 4.74 Å². The van der Waals surface area contributed by atoms with Crippen molar-refractivity contribution < 1.29 is 4.74 Å². The molecular weight excluding hydrogens is 238 g/mol. The van der Waals surface area contributed by atoms with Crippen LogP contribution in [0, 0.1) is 6.92 Å². The highest BCUT2D eigenvalue weighted by Gasteiger charge is 2.21. The SMILES string of the molecule is CCOC1CCN(c2ncc(CNC)cc2C)CC1. The van der Waals surface area contributed by atoms with Crippen molar-refractivity contribution in [1.29, 1.82) is 0 Å². The lowest BCUT2D eigenvalue weighted by atomic mass is 10.1. The van der Waals surface area contributed by atoms with Crippen molar-refractivity contribution >= 4 is 5.82 Å². The Morgan fingerprint density at radius 1 is 1.42 bits per heavy atom. The molecule has 0 aromatic carbocycles. The van der Waals surface area contributed by atoms with Crippen molar-refractivity contribution in [2.75, 3.05) is 31.6 Å². The summed E-state index contributed by atoms with van der Waals surface area (Å²) in [6, 6.07) is 2.23. The first-order valence-electron chi connectivity index (χ1n) is 7.21. The molecule has 4 heteroatoms. The van der Waals surface area contributed by atoms with Crippen LogP contribution in [0.4, 0.5) is 5.82 Å². The normalized spacial score (nSPS) is 16.9. The third-order valence-electron chi connectivity index (χ3n) is 3.63. The first kappa shape index (κ1) is 14.3. The molecule has 1 fully saturated rings. The van der Waals surface area contributed by atoms with E-state index in [9.17, 15) is 0 Å². The van der Waals surface area contributed by atoms with Crippen LogP contribution >= 0.6 is 0 Å². The number of hydrogen-bond acceptors (Lipinski definition) is 4. The summed E-state index contributed by atoms with van der Waals surface area (Å²) in [6.07, 6.45) is 4.62. The number of hydrogen-bond donors (Lipinski definition) is 1. The third-order valence-corrected chi connectivity index (χ3v) is 3.63. The highest BCUT2D eigenvalue weighted by Crippen LogP contribution is 2.23. The molecule has 0 unspecified atom stereocenters. The lowest BCUT2D eigenvalue weighted by Gasteiger charge is -2.33. The standard InChI is InChI=1S/C15H25N3O/c1-4-19-14-5-7-18(8-6-14)15-12(2)9-13(10-16-3)11-17-15/h9,11,14,16H,4-8,10H2,1-3H3. The van der Waals surface area contributed by atoms with Gasteiger partial charge in [-0.15, -0.1) is 0 Å². The van der Waals surface area contributed by atoms with Gasteiger partial charge in [-0.05, 0) is 50.9 Å². The number of piperidine rings is 1. The minimum absolute atomic E-state index is 0.435. The van der Waals surface area contributed by atoms with E-state index < -0.39 is 0 Å². The van der Waals surface area contributed by atoms with Crippen molar-refractivity contribution in [3.05, 3.63) is 23.4 Å². The van der Waals surface area contributed by atoms with Gasteiger partial charge in [0, 0.05) is 32.4 Å². The maximum Gasteiger partial charge on any atom is 0.131 e. The van der Waals surface area contributed by atoms with E-state index in [2.05, 4.69) is 35.1 Å². The molecule has 0 aliphatic carbocycles. The topological polar surface area (TPSA) is 37.4 Å². The van der Waals surface area contributed by atoms with Crippen molar-refractivity contribution in [1.82, 2.24) is 10.3 Å². The minimum Gasteiger partial charge on any atom is -0.378 e. The molecule has 1 aliphatic rings. The molecule has 1 saturated heterocycles. The van der Waals surface area contributed by atoms with E-state index in [0.29, 0.717) is 6.10 Å². The average Bonchev–Trinajstić information content (AvgIpc) is 2.41. The molecule has 106 valence electrons. The van der Waals surface area contributed by atoms with Crippen molar-refractivity contribution in [2.24, 2.45) is 0 Å². The zero-order chi connectivity index (χ0) is 13.7. The lowest BCUT2D eigenvalue weighted by molar-refractivity contribution is 0.0458. The second-order valence-corrected chi connectivity index (χ2v) is 5.16. The molecule has 0 spiro atoms. The van der Waals surface area contributed by atoms with Gasteiger partial charge in [0.15, 0.2) is 0 Å². The second kappa shape index (κ2) is 6.87. The zero-order valence-corrected chi connectivity index (χ0v) is 12.3. The summed E-state index contributed by atoms with van der Waals surface area (Å²) in [5, 5.41) is 3.16. The van der Waals surface area contributed by atoms with Gasteiger partial charge in [-0.2, -0.15) is 0 Å². The Hall–Kier alpha value is -1.13. The van der Waals surface area contributed by atoms with Gasteiger partial charge in [0.05, 0.1) is 6.10 Å². The van der Waals surface area contributed by atoms with Crippen LogP contribution in [0.2, 0.25) is 0 Å². The number of anilines is 1. The van der Waals surface area contributed by atoms with Crippen LogP contribution in [-0.4, -0.2) is 37.8 Å². The molecule has 1 aliphatic heterocycles. The van der Waals surface area contributed by atoms with Crippen LogP contribution in [0.15, 0.2) is 12.3 Å². The number of ether oxygens (including phenoxy) is 1. The van der Waals surface area contributed by atoms with E-state index in [1.54, 1.807) is 0 Å². The summed E-state index contributed by atoms with van der Waals surface area (Å²) in [6.45, 7) is 8.00. The highest BCUT2D eigenvalue weighted by molar-refractivity contribution is 5.47. The summed E-state index contributed by atoms with van der Waals surface area (Å²) in [5.41, 5.74) is 2.51. The summed E-state index contributed by atoms with van der Waals surface area (Å²) >= 11 is 0. The van der Waals surface area contributed by atoms with Crippen molar-refractivity contribution in [3.63, 3.8) is 0 Å². The van der Waals surface area contributed by atoms with Gasteiger partial charge in [-0.1, -0.05) is 0 Å². The van der Waals surface area contributed by atoms with Crippen LogP contribution < -0.4 is 10.2 Å². The Labute approximate surface area is 116 Å². The number of aromatic nitrogens is 1. The molecule has 0 atom stereocenters. The van der Waals surface area contributed by atoms with Gasteiger partial charge in [0.2, 0.25) is 0 Å². The van der Waals surface area contributed by atoms with Gasteiger partial charge in [0.1, 0.15) is 5.82 Å². The predicted octanol–water partition coefficient (Wildman–Crippen LogP) is 2.11. The average molecular weight is 263 g/mol. The van der Waals surface area contributed by atoms with E-state index in [0.717, 1.165) is 44.9 Å². The fourth-order valence-electron chi connectivity index (χ4n) is 2.73. The summed E-state index contributed by atoms with van der Waals surface area (Å²) < 4.78 is 5.69. The Morgan fingerprint density at radius 2 is 2.16 bits per heavy atom. The molecule has 19 heavy (non-hydrogen) atoms. The molecule has 0 saturated carbocycles. The summed E-state index contributed by atoms with van der Waals surface area (Å²) in [7, 11) is 1.96. The molecule has 4 nitrogen and oxygen atoms in total. The van der Waals surface area contributed by atoms with Gasteiger partial charge >= 0.3 is 0 Å². The first-order chi connectivity index (χ1) is 9.24. The number of rotatable bonds is 5. The van der Waals surface area contributed by atoms with Gasteiger partial charge in [0.25, 0.3) is 0 Å². The molecule has 0 amide bonds. The maximum absolute atomic E-state index is 5.69. The highest BCUT2D eigenvalue weighted by atomic mass is 16.5. The third kappa shape index (κ3) is 3.67. The first-order valence-corrected chi connectivity index (χ1v) is 7.21. The molecular formula is C15H25N3O. The van der Waals surface area contributed by atoms with Gasteiger partial charge in [-0.3, -0.25) is 0 Å². The van der Waals surface area contributed by atoms with Crippen LogP contribution in [0.5, 0.6) is 0 Å². The number of nitrogens with one attached hydrogen (secondary N) is 1. The molecule has 2 rings (SSSR count). The molecule has 1 aromatic heterocycles. The summed E-state index contributed by atoms with van der Waals surface area (Å²) in [5.74, 6) is 1.13. The molecule has 1 aromatic rings. The van der Waals surface area contributed by atoms with E-state index in [-0.39, 0.29) is 0 Å². The number of pyridine rings is 1. The van der Waals surface area contributed by atoms with Crippen LogP contribution in [-0.2, 0) is 11.3 Å². The van der Waals surface area contributed by atoms with E-state index >= 15 is 0 Å². The van der Waals surface area contributed by atoms with Gasteiger partial charge < -0.3 is 15.0 Å². The minimum atomic E-state index is 0.435. The largest absolute Gasteiger partial charge is 0.378 e. The zero-order valence-electron chi connectivity index (χ0n) is 12.3. The maximum atomic E-state index is 5.69. The Morgan fingerprint density at radius 3 is 2.74 bits per heavy atom. The Balaban J connectivity index is 1.99. The number of nitrogens with zero attached hydrogens (tertiary/aromatic N) is 2. The predicted molar refractivity (Wildman–Crippen MR) is 78.6 cm³/mol. The fraction of sp³-hybridized carbons (Fsp3) is 0.667. The lowest BCUT2D eigenvalue weighted by Crippen LogP contribution is -2.37. The summed E-state index contributed by atoms with van der Waals surface area (Å²) in [4.78, 5) is 7.02. The van der Waals surface area contributed by atoms with Crippen LogP contribution in [0.3, 0.4) is 0 Å². The Bertz CT molecular complexity index is 400. The quantitative estimate of drug-likeness (QED) is 0.883. The van der Waals surface area contributed by atoms with Crippen LogP contribution in [0.1, 0.15) is 30.9 Å². The smallest absolute Gasteiger partial charge is 0.131 e. The van der Waals surface area contributed by atoms with Crippen molar-refractivity contribution in [3.8, 4) is 0 Å². The number of aryl methyl sites for hydroxylation is 1. The van der Waals surface area contributed by atoms with Crippen molar-refractivity contribution in [2.45, 2.75) is 39.3 Å². The van der Waals surface area contributed by atoms with E-state index in [1.165, 1.54) is 11.1 Å². The fourth-order valence-corrected chi connectivity index (χ4v) is 2.73. The van der Waals surface area contributed by atoms with Crippen LogP contribution in [0.25, 0.3) is 0 Å². The second-order valence-electron chi connectivity index (χ2n) is 5.16. The molecule has 0 bridgehead atoms. The molecule has 2 heterocycles. The van der Waals surface area contributed by atoms with Gasteiger partial charge in [-0.25, -0.2) is 4.98 Å². The monoisotopic (exact) mass is 263 g/mol. The molecule has 1 N–H and O–H groups in total. The Kier molecular flexibility index (Phi) is 5.16. The molecule has 0 radical (unpaired) electrons.